The van der Waals surface area contributed by atoms with Crippen molar-refractivity contribution in [3.8, 4) is 0 Å². The van der Waals surface area contributed by atoms with Crippen LogP contribution in [0.2, 0.25) is 0 Å². The molecule has 0 aromatic carbocycles. The molecule has 0 radical (unpaired) electrons. The monoisotopic (exact) mass is 540 g/mol. The average Bonchev–Trinajstić information content (AvgIpc) is 3.40. The summed E-state index contributed by atoms with van der Waals surface area (Å²) in [6.45, 7) is 11.0. The van der Waals surface area contributed by atoms with Crippen LogP contribution in [0, 0.1) is 10.8 Å². The fourth-order valence-electron chi connectivity index (χ4n) is 6.17. The third-order valence-corrected chi connectivity index (χ3v) is 8.56. The molecule has 0 aromatic rings. The lowest BCUT2D eigenvalue weighted by atomic mass is 9.85. The summed E-state index contributed by atoms with van der Waals surface area (Å²) in [6.07, 6.45) is -1.15. The number of fused-ring (bicyclic) bond motifs is 2. The number of esters is 2. The van der Waals surface area contributed by atoms with E-state index in [0.717, 1.165) is 0 Å². The number of hydrogen-bond acceptors (Lipinski definition) is 10. The minimum absolute atomic E-state index is 0.208. The van der Waals surface area contributed by atoms with Crippen molar-refractivity contribution in [2.75, 3.05) is 0 Å². The van der Waals surface area contributed by atoms with Crippen LogP contribution in [0.25, 0.3) is 0 Å². The molecule has 2 spiro atoms. The molecule has 0 aromatic heterocycles. The van der Waals surface area contributed by atoms with E-state index in [1.165, 1.54) is 0 Å². The Hall–Kier alpha value is -1.30. The molecule has 0 amide bonds. The quantitative estimate of drug-likeness (QED) is 0.504. The normalized spacial score (nSPS) is 45.1. The predicted octanol–water partition coefficient (Wildman–Crippen LogP) is 2.75. The molecular formula is C28H44O10. The van der Waals surface area contributed by atoms with Crippen LogP contribution in [0.1, 0.15) is 92.9 Å². The van der Waals surface area contributed by atoms with Crippen LogP contribution in [-0.4, -0.2) is 82.6 Å². The molecule has 38 heavy (non-hydrogen) atoms. The van der Waals surface area contributed by atoms with Gasteiger partial charge < -0.3 is 38.6 Å². The van der Waals surface area contributed by atoms with Crippen molar-refractivity contribution in [1.82, 2.24) is 0 Å². The van der Waals surface area contributed by atoms with Gasteiger partial charge in [0.1, 0.15) is 48.8 Å². The van der Waals surface area contributed by atoms with E-state index in [1.54, 1.807) is 0 Å². The minimum Gasteiger partial charge on any atom is -0.462 e. The predicted molar refractivity (Wildman–Crippen MR) is 133 cm³/mol. The van der Waals surface area contributed by atoms with Gasteiger partial charge in [-0.15, -0.1) is 0 Å². The van der Waals surface area contributed by atoms with Gasteiger partial charge in [0.05, 0.1) is 10.8 Å². The second-order valence-electron chi connectivity index (χ2n) is 13.8. The molecule has 4 atom stereocenters. The summed E-state index contributed by atoms with van der Waals surface area (Å²) in [6, 6.07) is 0. The van der Waals surface area contributed by atoms with Gasteiger partial charge in [-0.1, -0.05) is 0 Å². The third kappa shape index (κ3) is 5.24. The van der Waals surface area contributed by atoms with Crippen molar-refractivity contribution < 1.29 is 48.2 Å². The highest BCUT2D eigenvalue weighted by Gasteiger charge is 2.66. The zero-order valence-electron chi connectivity index (χ0n) is 23.4. The fourth-order valence-corrected chi connectivity index (χ4v) is 6.17. The SMILES string of the molecule is CC(C)(C)C(=O)OC1CCC2(CC1)O[C@@H]1C(O)[C@H]3OC4(CCC(OC(=O)C(C)(C)C)CC4)O[C@H]3C(O)[C@@H]1O2. The first-order valence-corrected chi connectivity index (χ1v) is 14.1. The number of rotatable bonds is 2. The number of carbonyl (C=O) groups is 2. The van der Waals surface area contributed by atoms with Gasteiger partial charge in [-0.25, -0.2) is 0 Å². The van der Waals surface area contributed by atoms with Crippen molar-refractivity contribution in [3.63, 3.8) is 0 Å². The van der Waals surface area contributed by atoms with Crippen molar-refractivity contribution in [1.29, 1.82) is 0 Å². The summed E-state index contributed by atoms with van der Waals surface area (Å²) in [4.78, 5) is 24.6. The Morgan fingerprint density at radius 1 is 0.605 bits per heavy atom. The van der Waals surface area contributed by atoms with Gasteiger partial charge in [-0.2, -0.15) is 0 Å². The molecule has 5 rings (SSSR count). The molecule has 2 heterocycles. The fraction of sp³-hybridized carbons (Fsp3) is 0.929. The highest BCUT2D eigenvalue weighted by Crippen LogP contribution is 2.51. The molecule has 0 bridgehead atoms. The first-order valence-electron chi connectivity index (χ1n) is 14.1. The van der Waals surface area contributed by atoms with Crippen LogP contribution in [0.4, 0.5) is 0 Å². The number of aliphatic hydroxyl groups is 2. The highest BCUT2D eigenvalue weighted by molar-refractivity contribution is 5.76. The molecule has 3 aliphatic carbocycles. The standard InChI is InChI=1S/C28H44O10/c1-25(2,3)23(31)33-15-7-11-27(12-8-15)35-19-17(29)21-22(18(30)20(19)36-27)38-28(37-21)13-9-16(10-14-28)34-24(32)26(4,5)6/h15-22,29-30H,7-14H2,1-6H3/t15?,16?,17?,18?,19-,20+,21-,22+,27?,28?. The van der Waals surface area contributed by atoms with E-state index in [4.69, 9.17) is 28.4 Å². The lowest BCUT2D eigenvalue weighted by Crippen LogP contribution is -2.61. The molecule has 10 nitrogen and oxygen atoms in total. The van der Waals surface area contributed by atoms with Crippen molar-refractivity contribution >= 4 is 11.9 Å². The Bertz CT molecular complexity index is 802. The third-order valence-electron chi connectivity index (χ3n) is 8.56. The maximum Gasteiger partial charge on any atom is 0.311 e. The lowest BCUT2D eigenvalue weighted by Gasteiger charge is -2.38. The summed E-state index contributed by atoms with van der Waals surface area (Å²) in [7, 11) is 0. The molecular weight excluding hydrogens is 496 g/mol. The van der Waals surface area contributed by atoms with E-state index in [2.05, 4.69) is 0 Å². The average molecular weight is 541 g/mol. The van der Waals surface area contributed by atoms with E-state index in [0.29, 0.717) is 51.4 Å². The number of carbonyl (C=O) groups excluding carboxylic acids is 2. The zero-order chi connectivity index (χ0) is 27.7. The maximum absolute atomic E-state index is 12.3. The Morgan fingerprint density at radius 2 is 0.868 bits per heavy atom. The van der Waals surface area contributed by atoms with E-state index in [9.17, 15) is 19.8 Å². The minimum atomic E-state index is -1.03. The smallest absolute Gasteiger partial charge is 0.311 e. The Morgan fingerprint density at radius 3 is 1.11 bits per heavy atom. The van der Waals surface area contributed by atoms with Crippen LogP contribution < -0.4 is 0 Å². The molecule has 3 saturated carbocycles. The topological polar surface area (TPSA) is 130 Å². The van der Waals surface area contributed by atoms with Gasteiger partial charge >= 0.3 is 11.9 Å². The van der Waals surface area contributed by atoms with E-state index >= 15 is 0 Å². The first-order chi connectivity index (χ1) is 17.6. The largest absolute Gasteiger partial charge is 0.462 e. The molecule has 2 aliphatic heterocycles. The second-order valence-corrected chi connectivity index (χ2v) is 13.8. The first kappa shape index (κ1) is 28.2. The Kier molecular flexibility index (Phi) is 7.18. The number of hydrogen-bond donors (Lipinski definition) is 2. The Labute approximate surface area is 224 Å². The van der Waals surface area contributed by atoms with Crippen molar-refractivity contribution in [3.05, 3.63) is 0 Å². The zero-order valence-corrected chi connectivity index (χ0v) is 23.4. The van der Waals surface area contributed by atoms with E-state index in [-0.39, 0.29) is 24.1 Å². The molecule has 2 saturated heterocycles. The molecule has 5 aliphatic rings. The van der Waals surface area contributed by atoms with Crippen LogP contribution >= 0.6 is 0 Å². The maximum atomic E-state index is 12.3. The number of ether oxygens (including phenoxy) is 6. The van der Waals surface area contributed by atoms with Crippen LogP contribution in [0.15, 0.2) is 0 Å². The van der Waals surface area contributed by atoms with Gasteiger partial charge in [0, 0.05) is 25.7 Å². The van der Waals surface area contributed by atoms with Gasteiger partial charge in [-0.3, -0.25) is 9.59 Å². The van der Waals surface area contributed by atoms with E-state index < -0.39 is 59.0 Å². The summed E-state index contributed by atoms with van der Waals surface area (Å²) < 4.78 is 36.6. The molecule has 2 N–H and O–H groups in total. The number of aliphatic hydroxyl groups excluding tert-OH is 2. The highest BCUT2D eigenvalue weighted by atomic mass is 16.8. The summed E-state index contributed by atoms with van der Waals surface area (Å²) >= 11 is 0. The van der Waals surface area contributed by atoms with Gasteiger partial charge in [0.25, 0.3) is 0 Å². The van der Waals surface area contributed by atoms with Crippen LogP contribution in [-0.2, 0) is 38.0 Å². The van der Waals surface area contributed by atoms with Gasteiger partial charge in [0.2, 0.25) is 0 Å². The molecule has 5 fully saturated rings. The van der Waals surface area contributed by atoms with Crippen molar-refractivity contribution in [2.24, 2.45) is 10.8 Å². The summed E-state index contributed by atoms with van der Waals surface area (Å²) in [5.74, 6) is -2.34. The molecule has 10 heteroatoms. The second kappa shape index (κ2) is 9.66. The van der Waals surface area contributed by atoms with Crippen LogP contribution in [0.3, 0.4) is 0 Å². The van der Waals surface area contributed by atoms with Crippen molar-refractivity contribution in [2.45, 2.75) is 153 Å². The Balaban J connectivity index is 1.17. The van der Waals surface area contributed by atoms with Crippen LogP contribution in [0.5, 0.6) is 0 Å². The summed E-state index contributed by atoms with van der Waals surface area (Å²) in [5.41, 5.74) is -1.13. The summed E-state index contributed by atoms with van der Waals surface area (Å²) in [5, 5.41) is 22.5. The molecule has 216 valence electrons. The lowest BCUT2D eigenvalue weighted by molar-refractivity contribution is -0.234. The molecule has 0 unspecified atom stereocenters. The van der Waals surface area contributed by atoms with Gasteiger partial charge in [0.15, 0.2) is 11.6 Å². The van der Waals surface area contributed by atoms with E-state index in [1.807, 2.05) is 41.5 Å². The van der Waals surface area contributed by atoms with Gasteiger partial charge in [-0.05, 0) is 67.2 Å².